The fourth-order valence-electron chi connectivity index (χ4n) is 2.61. The highest BCUT2D eigenvalue weighted by molar-refractivity contribution is 5.85. The van der Waals surface area contributed by atoms with E-state index in [1.165, 1.54) is 0 Å². The summed E-state index contributed by atoms with van der Waals surface area (Å²) in [5, 5.41) is 6.26. The van der Waals surface area contributed by atoms with E-state index in [0.717, 1.165) is 30.7 Å². The first-order valence-electron chi connectivity index (χ1n) is 7.89. The number of methoxy groups -OCH3 is 1. The number of halogens is 1. The Morgan fingerprint density at radius 1 is 1.30 bits per heavy atom. The first-order valence-corrected chi connectivity index (χ1v) is 7.89. The average Bonchev–Trinajstić information content (AvgIpc) is 3.01. The predicted octanol–water partition coefficient (Wildman–Crippen LogP) is 2.83. The van der Waals surface area contributed by atoms with Gasteiger partial charge in [-0.1, -0.05) is 6.07 Å². The van der Waals surface area contributed by atoms with Crippen LogP contribution in [0, 0.1) is 0 Å². The number of amides is 1. The lowest BCUT2D eigenvalue weighted by Gasteiger charge is -2.20. The third-order valence-electron chi connectivity index (χ3n) is 3.79. The molecule has 1 saturated heterocycles. The summed E-state index contributed by atoms with van der Waals surface area (Å²) in [6, 6.07) is 5.65. The number of hydrogen-bond acceptors (Lipinski definition) is 4. The zero-order chi connectivity index (χ0) is 16.1. The van der Waals surface area contributed by atoms with Crippen LogP contribution in [0.4, 0.5) is 0 Å². The van der Waals surface area contributed by atoms with Crippen LogP contribution in [0.2, 0.25) is 0 Å². The van der Waals surface area contributed by atoms with Gasteiger partial charge in [0, 0.05) is 0 Å². The Balaban J connectivity index is 0.00000264. The highest BCUT2D eigenvalue weighted by Crippen LogP contribution is 2.31. The minimum absolute atomic E-state index is 0. The number of rotatable bonds is 6. The van der Waals surface area contributed by atoms with Crippen molar-refractivity contribution in [1.29, 1.82) is 0 Å². The number of nitrogens with one attached hydrogen (secondary N) is 2. The van der Waals surface area contributed by atoms with Gasteiger partial charge in [0.1, 0.15) is 0 Å². The lowest BCUT2D eigenvalue weighted by atomic mass is 10.1. The van der Waals surface area contributed by atoms with Crippen LogP contribution >= 0.6 is 12.4 Å². The minimum atomic E-state index is -0.0723. The van der Waals surface area contributed by atoms with E-state index in [-0.39, 0.29) is 36.5 Å². The van der Waals surface area contributed by atoms with Gasteiger partial charge in [0.05, 0.1) is 25.3 Å². The summed E-state index contributed by atoms with van der Waals surface area (Å²) in [7, 11) is 1.62. The lowest BCUT2D eigenvalue weighted by Crippen LogP contribution is -2.41. The first kappa shape index (κ1) is 19.6. The monoisotopic (exact) mass is 342 g/mol. The molecule has 0 saturated carbocycles. The van der Waals surface area contributed by atoms with Gasteiger partial charge in [0.15, 0.2) is 11.5 Å². The Labute approximate surface area is 144 Å². The largest absolute Gasteiger partial charge is 0.493 e. The average molecular weight is 343 g/mol. The summed E-state index contributed by atoms with van der Waals surface area (Å²) < 4.78 is 11.1. The van der Waals surface area contributed by atoms with Crippen LogP contribution in [-0.2, 0) is 4.79 Å². The van der Waals surface area contributed by atoms with Crippen molar-refractivity contribution in [3.05, 3.63) is 23.8 Å². The molecule has 1 aromatic rings. The lowest BCUT2D eigenvalue weighted by molar-refractivity contribution is -0.123. The fraction of sp³-hybridized carbons (Fsp3) is 0.588. The highest BCUT2D eigenvalue weighted by Gasteiger charge is 2.23. The molecule has 23 heavy (non-hydrogen) atoms. The van der Waals surface area contributed by atoms with E-state index < -0.39 is 0 Å². The van der Waals surface area contributed by atoms with Gasteiger partial charge in [-0.15, -0.1) is 12.4 Å². The second kappa shape index (κ2) is 8.99. The van der Waals surface area contributed by atoms with Crippen LogP contribution < -0.4 is 20.1 Å². The molecule has 0 aliphatic carbocycles. The van der Waals surface area contributed by atoms with Gasteiger partial charge >= 0.3 is 0 Å². The normalized spacial score (nSPS) is 18.2. The van der Waals surface area contributed by atoms with Crippen molar-refractivity contribution < 1.29 is 14.3 Å². The van der Waals surface area contributed by atoms with Crippen molar-refractivity contribution in [1.82, 2.24) is 10.6 Å². The summed E-state index contributed by atoms with van der Waals surface area (Å²) >= 11 is 0. The Hall–Kier alpha value is -1.46. The Bertz CT molecular complexity index is 517. The van der Waals surface area contributed by atoms with Gasteiger partial charge in [-0.2, -0.15) is 0 Å². The van der Waals surface area contributed by atoms with Crippen molar-refractivity contribution in [3.63, 3.8) is 0 Å². The minimum Gasteiger partial charge on any atom is -0.493 e. The SMILES string of the molecule is COc1cc(C(C)NC(=O)C2CCCN2)ccc1OC(C)C.Cl. The molecule has 6 heteroatoms. The van der Waals surface area contributed by atoms with E-state index in [0.29, 0.717) is 5.75 Å². The van der Waals surface area contributed by atoms with E-state index in [1.807, 2.05) is 39.0 Å². The van der Waals surface area contributed by atoms with Crippen molar-refractivity contribution >= 4 is 18.3 Å². The molecule has 0 spiro atoms. The molecule has 1 aromatic carbocycles. The summed E-state index contributed by atoms with van der Waals surface area (Å²) in [6.45, 7) is 6.85. The van der Waals surface area contributed by atoms with E-state index in [4.69, 9.17) is 9.47 Å². The molecule has 0 radical (unpaired) electrons. The number of carbonyl (C=O) groups is 1. The van der Waals surface area contributed by atoms with Crippen LogP contribution in [0.5, 0.6) is 11.5 Å². The summed E-state index contributed by atoms with van der Waals surface area (Å²) in [4.78, 5) is 12.2. The van der Waals surface area contributed by atoms with Gasteiger partial charge in [-0.3, -0.25) is 4.79 Å². The van der Waals surface area contributed by atoms with Crippen LogP contribution in [-0.4, -0.2) is 31.7 Å². The molecule has 2 rings (SSSR count). The highest BCUT2D eigenvalue weighted by atomic mass is 35.5. The van der Waals surface area contributed by atoms with Crippen molar-refractivity contribution in [2.75, 3.05) is 13.7 Å². The standard InChI is InChI=1S/C17H26N2O3.ClH/c1-11(2)22-15-8-7-13(10-16(15)21-4)12(3)19-17(20)14-6-5-9-18-14;/h7-8,10-12,14,18H,5-6,9H2,1-4H3,(H,19,20);1H. The smallest absolute Gasteiger partial charge is 0.237 e. The van der Waals surface area contributed by atoms with Gasteiger partial charge in [0.25, 0.3) is 0 Å². The second-order valence-electron chi connectivity index (χ2n) is 5.96. The van der Waals surface area contributed by atoms with Gasteiger partial charge < -0.3 is 20.1 Å². The van der Waals surface area contributed by atoms with E-state index in [1.54, 1.807) is 7.11 Å². The first-order chi connectivity index (χ1) is 10.5. The molecule has 5 nitrogen and oxygen atoms in total. The van der Waals surface area contributed by atoms with Crippen molar-refractivity contribution in [2.45, 2.75) is 51.8 Å². The van der Waals surface area contributed by atoms with Crippen molar-refractivity contribution in [2.24, 2.45) is 0 Å². The van der Waals surface area contributed by atoms with Crippen LogP contribution in [0.3, 0.4) is 0 Å². The van der Waals surface area contributed by atoms with Crippen LogP contribution in [0.25, 0.3) is 0 Å². The molecule has 1 fully saturated rings. The number of hydrogen-bond donors (Lipinski definition) is 2. The third kappa shape index (κ3) is 5.29. The molecule has 2 atom stereocenters. The second-order valence-corrected chi connectivity index (χ2v) is 5.96. The quantitative estimate of drug-likeness (QED) is 0.834. The zero-order valence-corrected chi connectivity index (χ0v) is 15.0. The van der Waals surface area contributed by atoms with E-state index in [2.05, 4.69) is 10.6 Å². The van der Waals surface area contributed by atoms with Crippen LogP contribution in [0.15, 0.2) is 18.2 Å². The van der Waals surface area contributed by atoms with Crippen LogP contribution in [0.1, 0.15) is 45.2 Å². The van der Waals surface area contributed by atoms with Gasteiger partial charge in [0.2, 0.25) is 5.91 Å². The van der Waals surface area contributed by atoms with Gasteiger partial charge in [-0.05, 0) is 57.9 Å². The summed E-state index contributed by atoms with van der Waals surface area (Å²) in [6.07, 6.45) is 2.05. The summed E-state index contributed by atoms with van der Waals surface area (Å²) in [5.41, 5.74) is 0.999. The van der Waals surface area contributed by atoms with E-state index in [9.17, 15) is 4.79 Å². The Kier molecular flexibility index (Phi) is 7.65. The van der Waals surface area contributed by atoms with Crippen molar-refractivity contribution in [3.8, 4) is 11.5 Å². The number of carbonyl (C=O) groups excluding carboxylic acids is 1. The molecular weight excluding hydrogens is 316 g/mol. The molecule has 1 amide bonds. The maximum atomic E-state index is 12.2. The molecule has 0 aromatic heterocycles. The third-order valence-corrected chi connectivity index (χ3v) is 3.79. The molecule has 130 valence electrons. The molecule has 1 heterocycles. The molecule has 1 aliphatic rings. The number of benzene rings is 1. The Morgan fingerprint density at radius 2 is 2.04 bits per heavy atom. The van der Waals surface area contributed by atoms with Gasteiger partial charge in [-0.25, -0.2) is 0 Å². The maximum Gasteiger partial charge on any atom is 0.237 e. The molecule has 2 unspecified atom stereocenters. The predicted molar refractivity (Wildman–Crippen MR) is 93.6 cm³/mol. The zero-order valence-electron chi connectivity index (χ0n) is 14.2. The molecule has 1 aliphatic heterocycles. The maximum absolute atomic E-state index is 12.2. The molecule has 0 bridgehead atoms. The molecular formula is C17H27ClN2O3. The molecule has 2 N–H and O–H groups in total. The number of ether oxygens (including phenoxy) is 2. The summed E-state index contributed by atoms with van der Waals surface area (Å²) in [5.74, 6) is 1.47. The van der Waals surface area contributed by atoms with E-state index >= 15 is 0 Å². The topological polar surface area (TPSA) is 59.6 Å². The Morgan fingerprint density at radius 3 is 2.61 bits per heavy atom. The fourth-order valence-corrected chi connectivity index (χ4v) is 2.61.